The molecule has 3 rings (SSSR count). The van der Waals surface area contributed by atoms with Crippen LogP contribution in [0.25, 0.3) is 0 Å². The maximum Gasteiger partial charge on any atom is 0.193 e. The van der Waals surface area contributed by atoms with Crippen LogP contribution in [0.3, 0.4) is 0 Å². The van der Waals surface area contributed by atoms with E-state index in [0.29, 0.717) is 5.41 Å². The SMILES string of the molecule is CN=C(NCc1cnn(C)c1)N1CCC2(CCC2)C1.I. The number of aromatic nitrogens is 2. The van der Waals surface area contributed by atoms with Gasteiger partial charge in [-0.15, -0.1) is 24.0 Å². The summed E-state index contributed by atoms with van der Waals surface area (Å²) in [6.45, 7) is 3.12. The molecule has 20 heavy (non-hydrogen) atoms. The topological polar surface area (TPSA) is 45.5 Å². The van der Waals surface area contributed by atoms with Gasteiger partial charge in [0.2, 0.25) is 0 Å². The number of aryl methyl sites for hydroxylation is 1. The largest absolute Gasteiger partial charge is 0.352 e. The van der Waals surface area contributed by atoms with Gasteiger partial charge in [-0.05, 0) is 24.7 Å². The Morgan fingerprint density at radius 1 is 1.45 bits per heavy atom. The highest BCUT2D eigenvalue weighted by molar-refractivity contribution is 14.0. The van der Waals surface area contributed by atoms with Crippen molar-refractivity contribution in [1.29, 1.82) is 0 Å². The zero-order valence-corrected chi connectivity index (χ0v) is 14.6. The molecule has 1 saturated heterocycles. The molecular weight excluding hydrogens is 365 g/mol. The first-order chi connectivity index (χ1) is 9.21. The molecule has 2 aliphatic rings. The van der Waals surface area contributed by atoms with Crippen LogP contribution in [-0.2, 0) is 13.6 Å². The van der Waals surface area contributed by atoms with Crippen LogP contribution in [0, 0.1) is 5.41 Å². The second kappa shape index (κ2) is 6.32. The van der Waals surface area contributed by atoms with Crippen molar-refractivity contribution < 1.29 is 0 Å². The number of halogens is 1. The molecule has 5 nitrogen and oxygen atoms in total. The number of nitrogens with zero attached hydrogens (tertiary/aromatic N) is 4. The van der Waals surface area contributed by atoms with Crippen molar-refractivity contribution in [3.63, 3.8) is 0 Å². The minimum Gasteiger partial charge on any atom is -0.352 e. The van der Waals surface area contributed by atoms with Gasteiger partial charge in [0.15, 0.2) is 5.96 Å². The first kappa shape index (κ1) is 15.6. The van der Waals surface area contributed by atoms with Gasteiger partial charge in [0.1, 0.15) is 0 Å². The molecule has 112 valence electrons. The zero-order valence-electron chi connectivity index (χ0n) is 12.3. The van der Waals surface area contributed by atoms with Crippen molar-refractivity contribution >= 4 is 29.9 Å². The Labute approximate surface area is 137 Å². The van der Waals surface area contributed by atoms with Gasteiger partial charge >= 0.3 is 0 Å². The monoisotopic (exact) mass is 389 g/mol. The fraction of sp³-hybridized carbons (Fsp3) is 0.714. The fourth-order valence-corrected chi connectivity index (χ4v) is 3.28. The van der Waals surface area contributed by atoms with Gasteiger partial charge in [0.05, 0.1) is 6.20 Å². The van der Waals surface area contributed by atoms with Gasteiger partial charge in [-0.1, -0.05) is 6.42 Å². The molecule has 1 spiro atoms. The van der Waals surface area contributed by atoms with Gasteiger partial charge in [0, 0.05) is 45.5 Å². The van der Waals surface area contributed by atoms with E-state index in [1.54, 1.807) is 0 Å². The Kier molecular flexibility index (Phi) is 4.93. The Bertz CT molecular complexity index is 478. The van der Waals surface area contributed by atoms with Crippen LogP contribution in [0.1, 0.15) is 31.2 Å². The van der Waals surface area contributed by atoms with Crippen molar-refractivity contribution in [3.05, 3.63) is 18.0 Å². The van der Waals surface area contributed by atoms with Crippen LogP contribution in [0.4, 0.5) is 0 Å². The van der Waals surface area contributed by atoms with E-state index in [9.17, 15) is 0 Å². The maximum absolute atomic E-state index is 4.42. The van der Waals surface area contributed by atoms with E-state index in [1.165, 1.54) is 37.8 Å². The van der Waals surface area contributed by atoms with Crippen LogP contribution >= 0.6 is 24.0 Å². The lowest BCUT2D eigenvalue weighted by Crippen LogP contribution is -2.42. The first-order valence-electron chi connectivity index (χ1n) is 7.14. The van der Waals surface area contributed by atoms with E-state index in [0.717, 1.165) is 19.0 Å². The summed E-state index contributed by atoms with van der Waals surface area (Å²) in [7, 11) is 3.82. The Hall–Kier alpha value is -0.790. The standard InChI is InChI=1S/C14H23N5.HI/c1-15-13(16-8-12-9-17-18(2)10-12)19-7-6-14(11-19)4-3-5-14;/h9-10H,3-8,11H2,1-2H3,(H,15,16);1H. The highest BCUT2D eigenvalue weighted by Crippen LogP contribution is 2.47. The number of rotatable bonds is 2. The maximum atomic E-state index is 4.42. The average molecular weight is 389 g/mol. The number of guanidine groups is 1. The molecule has 1 aliphatic carbocycles. The van der Waals surface area contributed by atoms with E-state index in [-0.39, 0.29) is 24.0 Å². The molecular formula is C14H24IN5. The third kappa shape index (κ3) is 3.10. The second-order valence-corrected chi connectivity index (χ2v) is 5.95. The molecule has 1 N–H and O–H groups in total. The molecule has 1 saturated carbocycles. The molecule has 2 fully saturated rings. The van der Waals surface area contributed by atoms with Crippen LogP contribution in [0.5, 0.6) is 0 Å². The lowest BCUT2D eigenvalue weighted by Gasteiger charge is -2.38. The van der Waals surface area contributed by atoms with Crippen molar-refractivity contribution in [2.24, 2.45) is 17.5 Å². The smallest absolute Gasteiger partial charge is 0.193 e. The van der Waals surface area contributed by atoms with Crippen LogP contribution < -0.4 is 5.32 Å². The second-order valence-electron chi connectivity index (χ2n) is 5.95. The van der Waals surface area contributed by atoms with E-state index in [2.05, 4.69) is 20.3 Å². The van der Waals surface area contributed by atoms with Gasteiger partial charge in [-0.2, -0.15) is 5.10 Å². The van der Waals surface area contributed by atoms with E-state index < -0.39 is 0 Å². The third-order valence-electron chi connectivity index (χ3n) is 4.57. The molecule has 0 unspecified atom stereocenters. The average Bonchev–Trinajstić information content (AvgIpc) is 2.96. The van der Waals surface area contributed by atoms with Crippen LogP contribution in [0.15, 0.2) is 17.4 Å². The van der Waals surface area contributed by atoms with Crippen molar-refractivity contribution in [3.8, 4) is 0 Å². The van der Waals surface area contributed by atoms with Crippen molar-refractivity contribution in [1.82, 2.24) is 20.0 Å². The molecule has 2 heterocycles. The molecule has 1 aromatic heterocycles. The minimum atomic E-state index is 0. The number of hydrogen-bond donors (Lipinski definition) is 1. The third-order valence-corrected chi connectivity index (χ3v) is 4.57. The molecule has 0 aromatic carbocycles. The molecule has 0 atom stereocenters. The zero-order chi connectivity index (χ0) is 13.3. The predicted octanol–water partition coefficient (Wildman–Crippen LogP) is 1.99. The Morgan fingerprint density at radius 3 is 2.75 bits per heavy atom. The van der Waals surface area contributed by atoms with Crippen LogP contribution in [0.2, 0.25) is 0 Å². The number of likely N-dealkylation sites (tertiary alicyclic amines) is 1. The van der Waals surface area contributed by atoms with Crippen LogP contribution in [-0.4, -0.2) is 40.8 Å². The fourth-order valence-electron chi connectivity index (χ4n) is 3.28. The molecule has 0 radical (unpaired) electrons. The summed E-state index contributed by atoms with van der Waals surface area (Å²) in [6.07, 6.45) is 9.50. The minimum absolute atomic E-state index is 0. The van der Waals surface area contributed by atoms with E-state index in [1.807, 2.05) is 31.2 Å². The molecule has 0 amide bonds. The lowest BCUT2D eigenvalue weighted by atomic mass is 9.68. The summed E-state index contributed by atoms with van der Waals surface area (Å²) in [5.41, 5.74) is 1.81. The predicted molar refractivity (Wildman–Crippen MR) is 91.3 cm³/mol. The quantitative estimate of drug-likeness (QED) is 0.478. The Morgan fingerprint density at radius 2 is 2.25 bits per heavy atom. The summed E-state index contributed by atoms with van der Waals surface area (Å²) in [5.74, 6) is 1.03. The number of nitrogens with one attached hydrogen (secondary N) is 1. The normalized spacial score (nSPS) is 20.7. The molecule has 1 aromatic rings. The van der Waals surface area contributed by atoms with Crippen molar-refractivity contribution in [2.45, 2.75) is 32.2 Å². The highest BCUT2D eigenvalue weighted by Gasteiger charge is 2.43. The van der Waals surface area contributed by atoms with Crippen molar-refractivity contribution in [2.75, 3.05) is 20.1 Å². The first-order valence-corrected chi connectivity index (χ1v) is 7.14. The van der Waals surface area contributed by atoms with Gasteiger partial charge in [-0.3, -0.25) is 9.67 Å². The number of aliphatic imine (C=N–C) groups is 1. The Balaban J connectivity index is 0.00000147. The summed E-state index contributed by atoms with van der Waals surface area (Å²) in [5, 5.41) is 7.64. The molecule has 6 heteroatoms. The summed E-state index contributed by atoms with van der Waals surface area (Å²) >= 11 is 0. The summed E-state index contributed by atoms with van der Waals surface area (Å²) < 4.78 is 1.83. The summed E-state index contributed by atoms with van der Waals surface area (Å²) in [4.78, 5) is 6.83. The molecule has 0 bridgehead atoms. The van der Waals surface area contributed by atoms with E-state index >= 15 is 0 Å². The van der Waals surface area contributed by atoms with Gasteiger partial charge < -0.3 is 10.2 Å². The molecule has 1 aliphatic heterocycles. The summed E-state index contributed by atoms with van der Waals surface area (Å²) in [6, 6.07) is 0. The van der Waals surface area contributed by atoms with Gasteiger partial charge in [-0.25, -0.2) is 0 Å². The number of hydrogen-bond acceptors (Lipinski definition) is 2. The highest BCUT2D eigenvalue weighted by atomic mass is 127. The van der Waals surface area contributed by atoms with E-state index in [4.69, 9.17) is 0 Å². The lowest BCUT2D eigenvalue weighted by molar-refractivity contribution is 0.151. The van der Waals surface area contributed by atoms with Gasteiger partial charge in [0.25, 0.3) is 0 Å².